The summed E-state index contributed by atoms with van der Waals surface area (Å²) in [6.45, 7) is 3.07. The van der Waals surface area contributed by atoms with Gasteiger partial charge in [-0.25, -0.2) is 9.97 Å². The third kappa shape index (κ3) is 3.97. The third-order valence-electron chi connectivity index (χ3n) is 4.70. The van der Waals surface area contributed by atoms with Crippen molar-refractivity contribution >= 4 is 34.8 Å². The van der Waals surface area contributed by atoms with Crippen LogP contribution in [0.25, 0.3) is 11.0 Å². The van der Waals surface area contributed by atoms with E-state index in [2.05, 4.69) is 15.9 Å². The highest BCUT2D eigenvalue weighted by molar-refractivity contribution is 5.85. The molecule has 3 rings (SSSR count). The minimum absolute atomic E-state index is 0.0141. The number of aromatic nitrogens is 3. The van der Waals surface area contributed by atoms with Crippen LogP contribution in [-0.2, 0) is 33.3 Å². The number of nitrogens with zero attached hydrogens (tertiary/aromatic N) is 3. The van der Waals surface area contributed by atoms with Gasteiger partial charge in [-0.05, 0) is 0 Å². The summed E-state index contributed by atoms with van der Waals surface area (Å²) in [5.74, 6) is 0.131. The van der Waals surface area contributed by atoms with Crippen molar-refractivity contribution in [2.24, 2.45) is 0 Å². The van der Waals surface area contributed by atoms with Gasteiger partial charge in [-0.1, -0.05) is 5.92 Å². The molecule has 2 N–H and O–H groups in total. The quantitative estimate of drug-likeness (QED) is 0.366. The second kappa shape index (κ2) is 8.64. The molecular formula is C20H20N4O8. The molecule has 2 aromatic heterocycles. The summed E-state index contributed by atoms with van der Waals surface area (Å²) >= 11 is 0. The number of nitrogens with two attached hydrogens (primary N) is 1. The first-order valence-electron chi connectivity index (χ1n) is 9.35. The molecule has 3 heterocycles. The number of anilines is 1. The van der Waals surface area contributed by atoms with Crippen LogP contribution in [0.4, 0.5) is 5.82 Å². The van der Waals surface area contributed by atoms with Gasteiger partial charge in [0.05, 0.1) is 0 Å². The fourth-order valence-electron chi connectivity index (χ4n) is 3.54. The Morgan fingerprint density at radius 1 is 1.25 bits per heavy atom. The van der Waals surface area contributed by atoms with E-state index >= 15 is 0 Å². The van der Waals surface area contributed by atoms with E-state index in [1.807, 2.05) is 0 Å². The van der Waals surface area contributed by atoms with Gasteiger partial charge in [-0.2, -0.15) is 0 Å². The molecule has 0 saturated carbocycles. The fraction of sp³-hybridized carbons (Fsp3) is 0.400. The Morgan fingerprint density at radius 2 is 1.97 bits per heavy atom. The van der Waals surface area contributed by atoms with E-state index in [1.54, 1.807) is 0 Å². The molecule has 2 aromatic rings. The number of carbonyl (C=O) groups is 3. The molecule has 168 valence electrons. The van der Waals surface area contributed by atoms with Gasteiger partial charge in [0, 0.05) is 33.0 Å². The summed E-state index contributed by atoms with van der Waals surface area (Å²) in [4.78, 5) is 55.5. The van der Waals surface area contributed by atoms with E-state index in [9.17, 15) is 19.2 Å². The number of pyridine rings is 1. The first kappa shape index (κ1) is 22.7. The van der Waals surface area contributed by atoms with Crippen LogP contribution in [0.3, 0.4) is 0 Å². The van der Waals surface area contributed by atoms with Gasteiger partial charge in [0.1, 0.15) is 30.2 Å². The summed E-state index contributed by atoms with van der Waals surface area (Å²) in [7, 11) is 0. The lowest BCUT2D eigenvalue weighted by Gasteiger charge is -2.33. The summed E-state index contributed by atoms with van der Waals surface area (Å²) in [5.41, 5.74) is 3.43. The van der Waals surface area contributed by atoms with Crippen molar-refractivity contribution in [2.45, 2.75) is 44.8 Å². The Hall–Kier alpha value is -3.98. The molecule has 12 heteroatoms. The Labute approximate surface area is 181 Å². The van der Waals surface area contributed by atoms with Crippen LogP contribution in [-0.4, -0.2) is 56.9 Å². The van der Waals surface area contributed by atoms with Crippen molar-refractivity contribution in [3.8, 4) is 12.3 Å². The lowest BCUT2D eigenvalue weighted by Crippen LogP contribution is -2.51. The topological polar surface area (TPSA) is 162 Å². The van der Waals surface area contributed by atoms with Crippen LogP contribution in [0, 0.1) is 12.3 Å². The van der Waals surface area contributed by atoms with Crippen LogP contribution >= 0.6 is 0 Å². The second-order valence-corrected chi connectivity index (χ2v) is 6.94. The zero-order valence-electron chi connectivity index (χ0n) is 17.4. The molecule has 0 bridgehead atoms. The maximum atomic E-state index is 12.4. The first-order chi connectivity index (χ1) is 15.1. The molecule has 1 aliphatic rings. The maximum Gasteiger partial charge on any atom is 0.304 e. The Morgan fingerprint density at radius 3 is 2.56 bits per heavy atom. The van der Waals surface area contributed by atoms with Crippen molar-refractivity contribution in [3.05, 3.63) is 28.8 Å². The smallest absolute Gasteiger partial charge is 0.304 e. The molecule has 12 nitrogen and oxygen atoms in total. The Balaban J connectivity index is 2.25. The maximum absolute atomic E-state index is 12.4. The molecule has 1 saturated heterocycles. The van der Waals surface area contributed by atoms with Crippen molar-refractivity contribution < 1.29 is 33.3 Å². The number of hydrogen-bond donors (Lipinski definition) is 1. The van der Waals surface area contributed by atoms with Crippen molar-refractivity contribution in [3.63, 3.8) is 0 Å². The van der Waals surface area contributed by atoms with Crippen LogP contribution in [0.5, 0.6) is 0 Å². The van der Waals surface area contributed by atoms with Gasteiger partial charge in [-0.15, -0.1) is 6.42 Å². The van der Waals surface area contributed by atoms with E-state index < -0.39 is 47.4 Å². The number of ether oxygens (including phenoxy) is 4. The van der Waals surface area contributed by atoms with Gasteiger partial charge >= 0.3 is 17.9 Å². The van der Waals surface area contributed by atoms with Crippen molar-refractivity contribution in [1.29, 1.82) is 0 Å². The van der Waals surface area contributed by atoms with Gasteiger partial charge in [0.15, 0.2) is 23.4 Å². The summed E-state index contributed by atoms with van der Waals surface area (Å²) in [6.07, 6.45) is 4.44. The summed E-state index contributed by atoms with van der Waals surface area (Å²) in [5, 5.41) is -0.0141. The van der Waals surface area contributed by atoms with E-state index in [4.69, 9.17) is 31.1 Å². The third-order valence-corrected chi connectivity index (χ3v) is 4.70. The van der Waals surface area contributed by atoms with Crippen molar-refractivity contribution in [2.75, 3.05) is 12.3 Å². The minimum atomic E-state index is -2.00. The predicted octanol–water partition coefficient (Wildman–Crippen LogP) is -0.299. The largest absolute Gasteiger partial charge is 0.463 e. The average Bonchev–Trinajstić information content (AvgIpc) is 2.99. The summed E-state index contributed by atoms with van der Waals surface area (Å²) < 4.78 is 23.2. The minimum Gasteiger partial charge on any atom is -0.463 e. The summed E-state index contributed by atoms with van der Waals surface area (Å²) in [6, 6.07) is 1.18. The van der Waals surface area contributed by atoms with Crippen LogP contribution in [0.2, 0.25) is 0 Å². The lowest BCUT2D eigenvalue weighted by atomic mass is 9.93. The Kier molecular flexibility index (Phi) is 6.13. The molecule has 0 aromatic carbocycles. The number of rotatable bonds is 5. The molecule has 0 unspecified atom stereocenters. The van der Waals surface area contributed by atoms with E-state index in [1.165, 1.54) is 23.8 Å². The van der Waals surface area contributed by atoms with Gasteiger partial charge in [0.2, 0.25) is 0 Å². The van der Waals surface area contributed by atoms with Gasteiger partial charge in [-0.3, -0.25) is 19.2 Å². The molecular weight excluding hydrogens is 424 g/mol. The number of fused-ring (bicyclic) bond motifs is 1. The molecule has 1 fully saturated rings. The van der Waals surface area contributed by atoms with Crippen LogP contribution < -0.4 is 11.2 Å². The molecule has 4 atom stereocenters. The molecule has 32 heavy (non-hydrogen) atoms. The molecule has 0 radical (unpaired) electrons. The van der Waals surface area contributed by atoms with Crippen molar-refractivity contribution in [1.82, 2.24) is 14.5 Å². The first-order valence-corrected chi connectivity index (χ1v) is 9.35. The second-order valence-electron chi connectivity index (χ2n) is 6.94. The highest BCUT2D eigenvalue weighted by Gasteiger charge is 2.62. The van der Waals surface area contributed by atoms with Crippen LogP contribution in [0.1, 0.15) is 27.0 Å². The molecule has 1 aliphatic heterocycles. The number of terminal acetylenes is 1. The normalized spacial score (nSPS) is 24.5. The zero-order valence-corrected chi connectivity index (χ0v) is 17.4. The molecule has 0 spiro atoms. The number of nitrogen functional groups attached to an aromatic ring is 1. The predicted molar refractivity (Wildman–Crippen MR) is 108 cm³/mol. The number of hydrogen-bond acceptors (Lipinski definition) is 11. The number of carbonyl (C=O) groups excluding carboxylic acids is 3. The standard InChI is InChI=1S/C20H20N4O8/c1-5-20(32-12(4)27)16(30-11(3)26)14(8-29-10(2)25)31-19(20)24-7-6-13(28)15-17(21)22-9-23-18(15)24/h1,6-7,9,14,16,19H,8H2,2-4H3,(H2,21,22,23)/t14-,16-,19-,20-/m1/s1. The lowest BCUT2D eigenvalue weighted by molar-refractivity contribution is -0.176. The van der Waals surface area contributed by atoms with Crippen LogP contribution in [0.15, 0.2) is 23.4 Å². The highest BCUT2D eigenvalue weighted by atomic mass is 16.7. The van der Waals surface area contributed by atoms with Gasteiger partial charge in [0.25, 0.3) is 5.60 Å². The molecule has 0 amide bonds. The fourth-order valence-corrected chi connectivity index (χ4v) is 3.54. The number of esters is 3. The van der Waals surface area contributed by atoms with Gasteiger partial charge < -0.3 is 29.2 Å². The molecule has 0 aliphatic carbocycles. The SMILES string of the molecule is C#C[C@@]1(OC(C)=O)[C@H](OC(C)=O)[C@@H](COC(C)=O)O[C@H]1n1ccc(=O)c2c(N)ncnc21. The highest BCUT2D eigenvalue weighted by Crippen LogP contribution is 2.44. The Bertz CT molecular complexity index is 1190. The van der Waals surface area contributed by atoms with E-state index in [-0.39, 0.29) is 23.5 Å². The van der Waals surface area contributed by atoms with E-state index in [0.29, 0.717) is 0 Å². The van der Waals surface area contributed by atoms with E-state index in [0.717, 1.165) is 20.2 Å². The monoisotopic (exact) mass is 444 g/mol. The average molecular weight is 444 g/mol. The zero-order chi connectivity index (χ0) is 23.6.